The van der Waals surface area contributed by atoms with Gasteiger partial charge in [0.05, 0.1) is 13.2 Å². The third-order valence-corrected chi connectivity index (χ3v) is 4.50. The van der Waals surface area contributed by atoms with E-state index in [-0.39, 0.29) is 24.0 Å². The van der Waals surface area contributed by atoms with Crippen molar-refractivity contribution in [1.29, 1.82) is 0 Å². The second-order valence-electron chi connectivity index (χ2n) is 5.43. The van der Waals surface area contributed by atoms with Gasteiger partial charge in [-0.2, -0.15) is 0 Å². The van der Waals surface area contributed by atoms with Crippen molar-refractivity contribution in [1.82, 2.24) is 5.32 Å². The minimum Gasteiger partial charge on any atom is -0.490 e. The lowest BCUT2D eigenvalue weighted by atomic mass is 10.2. The highest BCUT2D eigenvalue weighted by atomic mass is 127. The molecule has 1 aromatic carbocycles. The van der Waals surface area contributed by atoms with Crippen LogP contribution in [0.5, 0.6) is 11.5 Å². The van der Waals surface area contributed by atoms with Gasteiger partial charge in [-0.25, -0.2) is 0 Å². The number of nitrogens with zero attached hydrogens (tertiary/aromatic N) is 1. The minimum absolute atomic E-state index is 0. The van der Waals surface area contributed by atoms with Crippen molar-refractivity contribution in [2.45, 2.75) is 19.8 Å². The van der Waals surface area contributed by atoms with E-state index >= 15 is 0 Å². The van der Waals surface area contributed by atoms with Crippen LogP contribution in [0.4, 0.5) is 5.69 Å². The maximum atomic E-state index is 5.74. The number of halogens is 1. The molecule has 0 aliphatic carbocycles. The molecule has 0 radical (unpaired) electrons. The molecule has 2 N–H and O–H groups in total. The van der Waals surface area contributed by atoms with Crippen LogP contribution < -0.4 is 20.1 Å². The molecular weight excluding hydrogens is 449 g/mol. The quantitative estimate of drug-likeness (QED) is 0.389. The maximum absolute atomic E-state index is 5.74. The summed E-state index contributed by atoms with van der Waals surface area (Å²) in [6.07, 6.45) is 1.86. The number of aliphatic imine (C=N–C) groups is 1. The van der Waals surface area contributed by atoms with Crippen molar-refractivity contribution in [3.05, 3.63) is 40.6 Å². The Kier molecular flexibility index (Phi) is 8.33. The maximum Gasteiger partial charge on any atom is 0.195 e. The molecule has 0 spiro atoms. The molecule has 1 aliphatic rings. The van der Waals surface area contributed by atoms with Gasteiger partial charge in [-0.05, 0) is 30.5 Å². The monoisotopic (exact) mass is 473 g/mol. The van der Waals surface area contributed by atoms with Crippen molar-refractivity contribution in [3.63, 3.8) is 0 Å². The number of hydrogen-bond donors (Lipinski definition) is 2. The molecule has 0 saturated carbocycles. The van der Waals surface area contributed by atoms with Crippen LogP contribution in [-0.4, -0.2) is 32.3 Å². The fourth-order valence-corrected chi connectivity index (χ4v) is 3.12. The minimum atomic E-state index is 0. The second kappa shape index (κ2) is 10.5. The Bertz CT molecular complexity index is 677. The van der Waals surface area contributed by atoms with Gasteiger partial charge >= 0.3 is 0 Å². The van der Waals surface area contributed by atoms with Crippen LogP contribution in [0, 0.1) is 0 Å². The van der Waals surface area contributed by atoms with E-state index in [1.807, 2.05) is 18.2 Å². The highest BCUT2D eigenvalue weighted by Gasteiger charge is 2.11. The Balaban J connectivity index is 0.00000225. The molecule has 1 aromatic heterocycles. The fourth-order valence-electron chi connectivity index (χ4n) is 2.42. The number of thiophene rings is 1. The van der Waals surface area contributed by atoms with Gasteiger partial charge in [0.25, 0.3) is 0 Å². The Labute approximate surface area is 169 Å². The van der Waals surface area contributed by atoms with Gasteiger partial charge in [0, 0.05) is 42.6 Å². The molecule has 0 saturated heterocycles. The van der Waals surface area contributed by atoms with Gasteiger partial charge in [-0.1, -0.05) is 6.07 Å². The number of anilines is 1. The molecule has 5 nitrogen and oxygen atoms in total. The van der Waals surface area contributed by atoms with E-state index in [0.717, 1.165) is 49.1 Å². The van der Waals surface area contributed by atoms with Crippen LogP contribution in [0.15, 0.2) is 40.7 Å². The van der Waals surface area contributed by atoms with Gasteiger partial charge in [0.1, 0.15) is 0 Å². The number of guanidine groups is 1. The van der Waals surface area contributed by atoms with Gasteiger partial charge in [0.2, 0.25) is 0 Å². The Morgan fingerprint density at radius 1 is 1.20 bits per heavy atom. The molecule has 3 rings (SSSR count). The van der Waals surface area contributed by atoms with Crippen molar-refractivity contribution < 1.29 is 9.47 Å². The molecule has 0 bridgehead atoms. The lowest BCUT2D eigenvalue weighted by Crippen LogP contribution is -2.30. The van der Waals surface area contributed by atoms with Crippen LogP contribution in [0.2, 0.25) is 0 Å². The molecule has 7 heteroatoms. The molecule has 25 heavy (non-hydrogen) atoms. The first-order chi connectivity index (χ1) is 11.8. The number of benzene rings is 1. The third-order valence-electron chi connectivity index (χ3n) is 3.56. The number of hydrogen-bond acceptors (Lipinski definition) is 4. The highest BCUT2D eigenvalue weighted by Crippen LogP contribution is 2.32. The molecule has 136 valence electrons. The van der Waals surface area contributed by atoms with Crippen molar-refractivity contribution in [2.24, 2.45) is 4.99 Å². The van der Waals surface area contributed by atoms with Gasteiger partial charge in [0.15, 0.2) is 17.5 Å². The van der Waals surface area contributed by atoms with Crippen LogP contribution in [0.1, 0.15) is 18.2 Å². The van der Waals surface area contributed by atoms with Gasteiger partial charge in [-0.3, -0.25) is 4.99 Å². The first-order valence-corrected chi connectivity index (χ1v) is 9.20. The largest absolute Gasteiger partial charge is 0.490 e. The molecule has 0 amide bonds. The average Bonchev–Trinajstić information content (AvgIpc) is 2.99. The number of fused-ring (bicyclic) bond motifs is 1. The van der Waals surface area contributed by atoms with Crippen LogP contribution >= 0.6 is 35.3 Å². The molecule has 0 fully saturated rings. The second-order valence-corrected chi connectivity index (χ2v) is 6.46. The summed E-state index contributed by atoms with van der Waals surface area (Å²) in [5.74, 6) is 2.37. The third kappa shape index (κ3) is 6.07. The number of ether oxygens (including phenoxy) is 2. The Morgan fingerprint density at radius 3 is 2.80 bits per heavy atom. The number of rotatable bonds is 5. The predicted molar refractivity (Wildman–Crippen MR) is 115 cm³/mol. The van der Waals surface area contributed by atoms with Crippen molar-refractivity contribution >= 4 is 47.0 Å². The summed E-state index contributed by atoms with van der Waals surface area (Å²) < 4.78 is 11.4. The topological polar surface area (TPSA) is 54.9 Å². The lowest BCUT2D eigenvalue weighted by Gasteiger charge is -2.13. The predicted octanol–water partition coefficient (Wildman–Crippen LogP) is 4.15. The molecule has 2 heterocycles. The molecule has 1 aliphatic heterocycles. The summed E-state index contributed by atoms with van der Waals surface area (Å²) in [6, 6.07) is 10.1. The first-order valence-electron chi connectivity index (χ1n) is 8.32. The lowest BCUT2D eigenvalue weighted by molar-refractivity contribution is 0.297. The Hall–Kier alpha value is -1.48. The average molecular weight is 473 g/mol. The highest BCUT2D eigenvalue weighted by molar-refractivity contribution is 14.0. The standard InChI is InChI=1S/C18H23N3O2S.HI/c1-2-19-18(20-9-8-15-5-3-12-24-15)21-14-6-7-16-17(13-14)23-11-4-10-22-16;/h3,5-7,12-13H,2,4,8-11H2,1H3,(H2,19,20,21);1H. The molecule has 0 unspecified atom stereocenters. The summed E-state index contributed by atoms with van der Waals surface area (Å²) in [4.78, 5) is 6.00. The van der Waals surface area contributed by atoms with E-state index in [0.29, 0.717) is 13.2 Å². The zero-order chi connectivity index (χ0) is 16.6. The van der Waals surface area contributed by atoms with Crippen molar-refractivity contribution in [3.8, 4) is 11.5 Å². The molecule has 0 atom stereocenters. The summed E-state index contributed by atoms with van der Waals surface area (Å²) in [5, 5.41) is 8.71. The van der Waals surface area contributed by atoms with Crippen LogP contribution in [-0.2, 0) is 6.42 Å². The van der Waals surface area contributed by atoms with E-state index in [4.69, 9.17) is 9.47 Å². The number of nitrogens with one attached hydrogen (secondary N) is 2. The summed E-state index contributed by atoms with van der Waals surface area (Å²) in [5.41, 5.74) is 0.940. The molecule has 2 aromatic rings. The van der Waals surface area contributed by atoms with E-state index < -0.39 is 0 Å². The van der Waals surface area contributed by atoms with Crippen LogP contribution in [0.25, 0.3) is 0 Å². The van der Waals surface area contributed by atoms with E-state index in [1.165, 1.54) is 4.88 Å². The van der Waals surface area contributed by atoms with E-state index in [1.54, 1.807) is 11.3 Å². The first kappa shape index (κ1) is 19.8. The summed E-state index contributed by atoms with van der Waals surface area (Å²) in [6.45, 7) is 5.01. The molecular formula is C18H24IN3O2S. The van der Waals surface area contributed by atoms with Crippen LogP contribution in [0.3, 0.4) is 0 Å². The zero-order valence-electron chi connectivity index (χ0n) is 14.3. The van der Waals surface area contributed by atoms with Gasteiger partial charge < -0.3 is 20.1 Å². The summed E-state index contributed by atoms with van der Waals surface area (Å²) >= 11 is 1.77. The smallest absolute Gasteiger partial charge is 0.195 e. The SMILES string of the molecule is CCNC(=NCCc1cccs1)Nc1ccc2c(c1)OCCCO2.I. The van der Waals surface area contributed by atoms with E-state index in [2.05, 4.69) is 40.1 Å². The fraction of sp³-hybridized carbons (Fsp3) is 0.389. The van der Waals surface area contributed by atoms with Gasteiger partial charge in [-0.15, -0.1) is 35.3 Å². The summed E-state index contributed by atoms with van der Waals surface area (Å²) in [7, 11) is 0. The normalized spacial score (nSPS) is 13.6. The zero-order valence-corrected chi connectivity index (χ0v) is 17.4. The van der Waals surface area contributed by atoms with E-state index in [9.17, 15) is 0 Å². The Morgan fingerprint density at radius 2 is 2.04 bits per heavy atom. The van der Waals surface area contributed by atoms with Crippen molar-refractivity contribution in [2.75, 3.05) is 31.6 Å².